The number of nitrogens with one attached hydrogen (secondary N) is 2. The van der Waals surface area contributed by atoms with Gasteiger partial charge in [0.1, 0.15) is 0 Å². The van der Waals surface area contributed by atoms with Crippen LogP contribution >= 0.6 is 12.2 Å². The molecule has 0 aromatic heterocycles. The van der Waals surface area contributed by atoms with Crippen molar-refractivity contribution in [3.05, 3.63) is 23.8 Å². The summed E-state index contributed by atoms with van der Waals surface area (Å²) in [5.41, 5.74) is 1.74. The molecule has 144 valence electrons. The zero-order valence-corrected chi connectivity index (χ0v) is 17.1. The summed E-state index contributed by atoms with van der Waals surface area (Å²) in [5, 5.41) is 7.16. The number of benzene rings is 1. The van der Waals surface area contributed by atoms with Crippen LogP contribution in [0.2, 0.25) is 0 Å². The summed E-state index contributed by atoms with van der Waals surface area (Å²) in [5.74, 6) is 0. The predicted molar refractivity (Wildman–Crippen MR) is 110 cm³/mol. The van der Waals surface area contributed by atoms with Gasteiger partial charge < -0.3 is 10.6 Å². The molecule has 1 saturated heterocycles. The highest BCUT2D eigenvalue weighted by molar-refractivity contribution is 7.89. The third kappa shape index (κ3) is 4.75. The maximum Gasteiger partial charge on any atom is 0.243 e. The van der Waals surface area contributed by atoms with Gasteiger partial charge in [0.15, 0.2) is 5.11 Å². The molecule has 26 heavy (non-hydrogen) atoms. The lowest BCUT2D eigenvalue weighted by Crippen LogP contribution is -2.39. The second-order valence-corrected chi connectivity index (χ2v) is 9.72. The molecule has 1 aromatic carbocycles. The van der Waals surface area contributed by atoms with Gasteiger partial charge in [-0.15, -0.1) is 0 Å². The third-order valence-electron chi connectivity index (χ3n) is 5.35. The van der Waals surface area contributed by atoms with Gasteiger partial charge >= 0.3 is 0 Å². The van der Waals surface area contributed by atoms with Crippen molar-refractivity contribution in [1.29, 1.82) is 0 Å². The van der Waals surface area contributed by atoms with Crippen LogP contribution < -0.4 is 10.6 Å². The molecule has 1 aromatic rings. The number of aryl methyl sites for hydroxylation is 1. The quantitative estimate of drug-likeness (QED) is 0.760. The first-order chi connectivity index (χ1) is 12.5. The normalized spacial score (nSPS) is 19.9. The number of thiocarbonyl (C=S) groups is 1. The van der Waals surface area contributed by atoms with Crippen molar-refractivity contribution in [2.45, 2.75) is 69.2 Å². The maximum absolute atomic E-state index is 12.9. The van der Waals surface area contributed by atoms with E-state index in [1.165, 1.54) is 19.3 Å². The van der Waals surface area contributed by atoms with Crippen LogP contribution in [0.25, 0.3) is 0 Å². The van der Waals surface area contributed by atoms with Crippen molar-refractivity contribution in [3.8, 4) is 0 Å². The highest BCUT2D eigenvalue weighted by Crippen LogP contribution is 2.25. The minimum Gasteiger partial charge on any atom is -0.360 e. The van der Waals surface area contributed by atoms with E-state index in [4.69, 9.17) is 12.2 Å². The fourth-order valence-corrected chi connectivity index (χ4v) is 5.56. The zero-order chi connectivity index (χ0) is 18.6. The lowest BCUT2D eigenvalue weighted by Gasteiger charge is -2.26. The second kappa shape index (κ2) is 8.67. The molecule has 1 aliphatic carbocycles. The van der Waals surface area contributed by atoms with Gasteiger partial charge in [0, 0.05) is 24.8 Å². The Bertz CT molecular complexity index is 737. The molecular weight excluding hydrogens is 366 g/mol. The summed E-state index contributed by atoms with van der Waals surface area (Å²) in [6, 6.07) is 5.68. The van der Waals surface area contributed by atoms with Crippen molar-refractivity contribution < 1.29 is 8.42 Å². The maximum atomic E-state index is 12.9. The predicted octanol–water partition coefficient (Wildman–Crippen LogP) is 3.79. The smallest absolute Gasteiger partial charge is 0.243 e. The van der Waals surface area contributed by atoms with Crippen LogP contribution in [0.4, 0.5) is 5.69 Å². The molecule has 7 heteroatoms. The van der Waals surface area contributed by atoms with E-state index >= 15 is 0 Å². The number of rotatable bonds is 4. The first kappa shape index (κ1) is 19.6. The van der Waals surface area contributed by atoms with Crippen molar-refractivity contribution in [2.24, 2.45) is 0 Å². The molecular formula is C19H29N3O2S2. The zero-order valence-electron chi connectivity index (χ0n) is 15.5. The van der Waals surface area contributed by atoms with Crippen molar-refractivity contribution in [3.63, 3.8) is 0 Å². The van der Waals surface area contributed by atoms with E-state index in [1.807, 2.05) is 13.0 Å². The largest absolute Gasteiger partial charge is 0.360 e. The molecule has 3 rings (SSSR count). The number of sulfonamides is 1. The van der Waals surface area contributed by atoms with E-state index < -0.39 is 10.0 Å². The number of nitrogens with zero attached hydrogens (tertiary/aromatic N) is 1. The van der Waals surface area contributed by atoms with Crippen LogP contribution in [0.3, 0.4) is 0 Å². The lowest BCUT2D eigenvalue weighted by molar-refractivity contribution is 0.346. The van der Waals surface area contributed by atoms with Crippen LogP contribution in [0.5, 0.6) is 0 Å². The number of piperidine rings is 1. The van der Waals surface area contributed by atoms with Gasteiger partial charge in [0.25, 0.3) is 0 Å². The molecule has 1 saturated carbocycles. The lowest BCUT2D eigenvalue weighted by atomic mass is 9.96. The number of anilines is 1. The first-order valence-electron chi connectivity index (χ1n) is 9.65. The molecule has 0 atom stereocenters. The monoisotopic (exact) mass is 395 g/mol. The van der Waals surface area contributed by atoms with Gasteiger partial charge in [-0.3, -0.25) is 0 Å². The van der Waals surface area contributed by atoms with Crippen LogP contribution in [0, 0.1) is 6.92 Å². The van der Waals surface area contributed by atoms with E-state index in [0.29, 0.717) is 29.1 Å². The highest BCUT2D eigenvalue weighted by Gasteiger charge is 2.26. The Morgan fingerprint density at radius 2 is 1.73 bits per heavy atom. The highest BCUT2D eigenvalue weighted by atomic mass is 32.2. The summed E-state index contributed by atoms with van der Waals surface area (Å²) in [4.78, 5) is 0.341. The average molecular weight is 396 g/mol. The molecule has 0 bridgehead atoms. The topological polar surface area (TPSA) is 61.4 Å². The van der Waals surface area contributed by atoms with Gasteiger partial charge in [-0.1, -0.05) is 31.7 Å². The summed E-state index contributed by atoms with van der Waals surface area (Å²) < 4.78 is 27.4. The molecule has 1 aliphatic heterocycles. The molecule has 2 fully saturated rings. The molecule has 2 aliphatic rings. The van der Waals surface area contributed by atoms with Crippen LogP contribution in [0.15, 0.2) is 23.1 Å². The fourth-order valence-electron chi connectivity index (χ4n) is 3.74. The van der Waals surface area contributed by atoms with E-state index in [-0.39, 0.29) is 0 Å². The number of hydrogen-bond donors (Lipinski definition) is 2. The Morgan fingerprint density at radius 3 is 2.42 bits per heavy atom. The summed E-state index contributed by atoms with van der Waals surface area (Å²) in [6.07, 6.45) is 9.04. The van der Waals surface area contributed by atoms with Gasteiger partial charge in [-0.05, 0) is 62.5 Å². The van der Waals surface area contributed by atoms with Crippen LogP contribution in [0.1, 0.15) is 56.9 Å². The van der Waals surface area contributed by atoms with E-state index in [9.17, 15) is 8.42 Å². The Morgan fingerprint density at radius 1 is 1.08 bits per heavy atom. The summed E-state index contributed by atoms with van der Waals surface area (Å²) in [7, 11) is -3.43. The molecule has 1 heterocycles. The molecule has 0 amide bonds. The van der Waals surface area contributed by atoms with E-state index in [1.54, 1.807) is 16.4 Å². The minimum absolute atomic E-state index is 0.341. The second-order valence-electron chi connectivity index (χ2n) is 7.37. The Labute approximate surface area is 162 Å². The van der Waals surface area contributed by atoms with Crippen LogP contribution in [-0.2, 0) is 10.0 Å². The molecule has 0 spiro atoms. The van der Waals surface area contributed by atoms with Gasteiger partial charge in [-0.25, -0.2) is 8.42 Å². The van der Waals surface area contributed by atoms with E-state index in [0.717, 1.165) is 43.4 Å². The molecule has 0 unspecified atom stereocenters. The Hall–Kier alpha value is -1.18. The summed E-state index contributed by atoms with van der Waals surface area (Å²) >= 11 is 5.46. The van der Waals surface area contributed by atoms with E-state index in [2.05, 4.69) is 10.6 Å². The van der Waals surface area contributed by atoms with Crippen molar-refractivity contribution in [2.75, 3.05) is 18.4 Å². The van der Waals surface area contributed by atoms with Gasteiger partial charge in [0.2, 0.25) is 10.0 Å². The molecule has 2 N–H and O–H groups in total. The van der Waals surface area contributed by atoms with Gasteiger partial charge in [-0.2, -0.15) is 4.31 Å². The van der Waals surface area contributed by atoms with Crippen LogP contribution in [-0.4, -0.2) is 37.0 Å². The number of hydrogen-bond acceptors (Lipinski definition) is 3. The van der Waals surface area contributed by atoms with Crippen molar-refractivity contribution >= 4 is 33.0 Å². The first-order valence-corrected chi connectivity index (χ1v) is 11.5. The molecule has 5 nitrogen and oxygen atoms in total. The fraction of sp³-hybridized carbons (Fsp3) is 0.632. The average Bonchev–Trinajstić information content (AvgIpc) is 2.65. The minimum atomic E-state index is -3.43. The SMILES string of the molecule is Cc1ccc(S(=O)(=O)N2CCCCC2)cc1NC(=S)NC1CCCCC1. The summed E-state index contributed by atoms with van der Waals surface area (Å²) in [6.45, 7) is 3.18. The third-order valence-corrected chi connectivity index (χ3v) is 7.46. The van der Waals surface area contributed by atoms with Gasteiger partial charge in [0.05, 0.1) is 4.90 Å². The standard InChI is InChI=1S/C19H29N3O2S2/c1-15-10-11-17(26(23,24)22-12-6-3-7-13-22)14-18(15)21-19(25)20-16-8-4-2-5-9-16/h10-11,14,16H,2-9,12-13H2,1H3,(H2,20,21,25). The van der Waals surface area contributed by atoms with Crippen molar-refractivity contribution in [1.82, 2.24) is 9.62 Å². The molecule has 0 radical (unpaired) electrons. The Kier molecular flexibility index (Phi) is 6.53. The Balaban J connectivity index is 1.71.